The molecule has 0 atom stereocenters. The number of anilines is 1. The lowest BCUT2D eigenvalue weighted by molar-refractivity contribution is -0.115. The number of rotatable bonds is 5. The maximum Gasteiger partial charge on any atom is 0.338 e. The summed E-state index contributed by atoms with van der Waals surface area (Å²) in [6, 6.07) is 7.87. The van der Waals surface area contributed by atoms with Gasteiger partial charge in [-0.2, -0.15) is 5.26 Å². The molecule has 1 aliphatic carbocycles. The Labute approximate surface area is 169 Å². The highest BCUT2D eigenvalue weighted by Crippen LogP contribution is 2.34. The normalized spacial score (nSPS) is 12.4. The number of nitrogens with one attached hydrogen (secondary N) is 2. The molecule has 0 saturated carbocycles. The molecular formula is C20H16N4O4S. The molecule has 4 rings (SSSR count). The van der Waals surface area contributed by atoms with Crippen molar-refractivity contribution >= 4 is 39.1 Å². The van der Waals surface area contributed by atoms with Gasteiger partial charge < -0.3 is 15.0 Å². The van der Waals surface area contributed by atoms with Crippen molar-refractivity contribution in [2.75, 3.05) is 5.32 Å². The van der Waals surface area contributed by atoms with Crippen molar-refractivity contribution < 1.29 is 14.3 Å². The van der Waals surface area contributed by atoms with E-state index in [0.29, 0.717) is 27.3 Å². The van der Waals surface area contributed by atoms with Gasteiger partial charge in [0.2, 0.25) is 5.91 Å². The van der Waals surface area contributed by atoms with Crippen LogP contribution in [0, 0.1) is 11.3 Å². The fourth-order valence-electron chi connectivity index (χ4n) is 3.30. The van der Waals surface area contributed by atoms with Crippen LogP contribution >= 0.6 is 11.3 Å². The molecule has 0 radical (unpaired) electrons. The summed E-state index contributed by atoms with van der Waals surface area (Å²) in [6.45, 7) is -0.146. The average Bonchev–Trinajstić information content (AvgIpc) is 3.27. The van der Waals surface area contributed by atoms with E-state index >= 15 is 0 Å². The number of carbonyl (C=O) groups is 2. The minimum Gasteiger partial charge on any atom is -0.454 e. The van der Waals surface area contributed by atoms with E-state index in [-0.39, 0.29) is 18.6 Å². The first-order chi connectivity index (χ1) is 14.0. The minimum absolute atomic E-state index is 0.146. The number of ether oxygens (including phenoxy) is 1. The van der Waals surface area contributed by atoms with E-state index < -0.39 is 11.9 Å². The molecule has 0 spiro atoms. The number of fused-ring (bicyclic) bond motifs is 3. The third-order valence-electron chi connectivity index (χ3n) is 4.61. The quantitative estimate of drug-likeness (QED) is 0.625. The Bertz CT molecular complexity index is 1200. The van der Waals surface area contributed by atoms with Crippen LogP contribution in [0.4, 0.5) is 5.69 Å². The number of hydrogen-bond donors (Lipinski definition) is 2. The summed E-state index contributed by atoms with van der Waals surface area (Å²) in [5, 5.41) is 11.7. The number of carbonyl (C=O) groups excluding carboxylic acids is 2. The Morgan fingerprint density at radius 1 is 1.28 bits per heavy atom. The lowest BCUT2D eigenvalue weighted by atomic mass is 10.2. The number of benzene rings is 1. The predicted octanol–water partition coefficient (Wildman–Crippen LogP) is 2.68. The van der Waals surface area contributed by atoms with Crippen molar-refractivity contribution in [2.24, 2.45) is 0 Å². The molecule has 9 heteroatoms. The van der Waals surface area contributed by atoms with E-state index in [1.165, 1.54) is 28.3 Å². The zero-order valence-corrected chi connectivity index (χ0v) is 16.1. The van der Waals surface area contributed by atoms with Gasteiger partial charge in [0.1, 0.15) is 23.7 Å². The maximum atomic E-state index is 12.4. The molecule has 2 aromatic heterocycles. The molecule has 1 aliphatic rings. The first-order valence-corrected chi connectivity index (χ1v) is 9.84. The van der Waals surface area contributed by atoms with Gasteiger partial charge in [-0.1, -0.05) is 0 Å². The highest BCUT2D eigenvalue weighted by molar-refractivity contribution is 7.18. The van der Waals surface area contributed by atoms with Crippen LogP contribution in [0.3, 0.4) is 0 Å². The number of aromatic nitrogens is 2. The Morgan fingerprint density at radius 3 is 2.83 bits per heavy atom. The summed E-state index contributed by atoms with van der Waals surface area (Å²) >= 11 is 1.53. The van der Waals surface area contributed by atoms with E-state index in [1.54, 1.807) is 18.2 Å². The fourth-order valence-corrected chi connectivity index (χ4v) is 4.58. The van der Waals surface area contributed by atoms with E-state index in [0.717, 1.165) is 24.8 Å². The Kier molecular flexibility index (Phi) is 5.10. The van der Waals surface area contributed by atoms with Crippen LogP contribution in [0.25, 0.3) is 10.2 Å². The van der Waals surface area contributed by atoms with Gasteiger partial charge in [0.25, 0.3) is 5.56 Å². The molecule has 1 amide bonds. The molecule has 1 aromatic carbocycles. The van der Waals surface area contributed by atoms with Gasteiger partial charge in [-0.05, 0) is 49.1 Å². The molecule has 0 fully saturated rings. The number of aryl methyl sites for hydroxylation is 2. The van der Waals surface area contributed by atoms with Crippen molar-refractivity contribution in [1.82, 2.24) is 9.97 Å². The Morgan fingerprint density at radius 2 is 2.07 bits per heavy atom. The molecular weight excluding hydrogens is 392 g/mol. The monoisotopic (exact) mass is 408 g/mol. The lowest BCUT2D eigenvalue weighted by Gasteiger charge is -2.06. The van der Waals surface area contributed by atoms with Crippen LogP contribution < -0.4 is 10.9 Å². The average molecular weight is 408 g/mol. The smallest absolute Gasteiger partial charge is 0.338 e. The van der Waals surface area contributed by atoms with Gasteiger partial charge >= 0.3 is 5.97 Å². The minimum atomic E-state index is -0.573. The Hall–Kier alpha value is -3.51. The van der Waals surface area contributed by atoms with Crippen molar-refractivity contribution in [1.29, 1.82) is 5.26 Å². The predicted molar refractivity (Wildman–Crippen MR) is 107 cm³/mol. The van der Waals surface area contributed by atoms with Crippen molar-refractivity contribution in [3.8, 4) is 6.07 Å². The van der Waals surface area contributed by atoms with Gasteiger partial charge in [-0.3, -0.25) is 9.59 Å². The second kappa shape index (κ2) is 7.85. The van der Waals surface area contributed by atoms with Crippen molar-refractivity contribution in [3.05, 3.63) is 56.4 Å². The molecule has 0 bridgehead atoms. The second-order valence-corrected chi connectivity index (χ2v) is 7.67. The largest absolute Gasteiger partial charge is 0.454 e. The van der Waals surface area contributed by atoms with Crippen LogP contribution in [0.1, 0.15) is 39.5 Å². The van der Waals surface area contributed by atoms with E-state index in [4.69, 9.17) is 10.00 Å². The first kappa shape index (κ1) is 18.8. The maximum absolute atomic E-state index is 12.4. The lowest BCUT2D eigenvalue weighted by Crippen LogP contribution is -2.14. The molecule has 8 nitrogen and oxygen atoms in total. The topological polar surface area (TPSA) is 125 Å². The molecule has 0 aliphatic heterocycles. The fraction of sp³-hybridized carbons (Fsp3) is 0.250. The SMILES string of the molecule is N#CCC(=O)Nc1ccc(C(=O)OCc2nc3sc4c(c3c(=O)[nH]2)CCC4)cc1. The van der Waals surface area contributed by atoms with Gasteiger partial charge in [-0.15, -0.1) is 11.3 Å². The highest BCUT2D eigenvalue weighted by atomic mass is 32.1. The van der Waals surface area contributed by atoms with Crippen LogP contribution in [0.2, 0.25) is 0 Å². The summed E-state index contributed by atoms with van der Waals surface area (Å²) in [7, 11) is 0. The van der Waals surface area contributed by atoms with Crippen LogP contribution in [-0.2, 0) is 29.0 Å². The highest BCUT2D eigenvalue weighted by Gasteiger charge is 2.21. The summed E-state index contributed by atoms with van der Waals surface area (Å²) < 4.78 is 5.26. The molecule has 0 unspecified atom stereocenters. The summed E-state index contributed by atoms with van der Waals surface area (Å²) in [6.07, 6.45) is 2.71. The van der Waals surface area contributed by atoms with Crippen molar-refractivity contribution in [3.63, 3.8) is 0 Å². The standard InChI is InChI=1S/C20H16N4O4S/c21-9-8-16(25)22-12-6-4-11(5-7-12)20(27)28-10-15-23-18(26)17-13-2-1-3-14(13)29-19(17)24-15/h4-7H,1-3,8,10H2,(H,22,25)(H,23,24,26). The van der Waals surface area contributed by atoms with Gasteiger partial charge in [0.15, 0.2) is 0 Å². The van der Waals surface area contributed by atoms with E-state index in [1.807, 2.05) is 0 Å². The van der Waals surface area contributed by atoms with Crippen LogP contribution in [0.5, 0.6) is 0 Å². The van der Waals surface area contributed by atoms with Gasteiger partial charge in [-0.25, -0.2) is 9.78 Å². The summed E-state index contributed by atoms with van der Waals surface area (Å²) in [4.78, 5) is 45.1. The number of hydrogen-bond acceptors (Lipinski definition) is 7. The van der Waals surface area contributed by atoms with E-state index in [2.05, 4.69) is 15.3 Å². The number of H-pyrrole nitrogens is 1. The number of thiophene rings is 1. The summed E-state index contributed by atoms with van der Waals surface area (Å²) in [5.74, 6) is -0.694. The van der Waals surface area contributed by atoms with Crippen LogP contribution in [-0.4, -0.2) is 21.8 Å². The first-order valence-electron chi connectivity index (χ1n) is 9.02. The van der Waals surface area contributed by atoms with Crippen LogP contribution in [0.15, 0.2) is 29.1 Å². The second-order valence-electron chi connectivity index (χ2n) is 6.59. The number of esters is 1. The number of amides is 1. The molecule has 2 heterocycles. The molecule has 0 saturated heterocycles. The molecule has 29 heavy (non-hydrogen) atoms. The summed E-state index contributed by atoms with van der Waals surface area (Å²) in [5.41, 5.74) is 1.67. The molecule has 3 aromatic rings. The van der Waals surface area contributed by atoms with Crippen molar-refractivity contribution in [2.45, 2.75) is 32.3 Å². The molecule has 146 valence electrons. The van der Waals surface area contributed by atoms with Gasteiger partial charge in [0, 0.05) is 10.6 Å². The number of nitriles is 1. The van der Waals surface area contributed by atoms with E-state index in [9.17, 15) is 14.4 Å². The van der Waals surface area contributed by atoms with Gasteiger partial charge in [0.05, 0.1) is 17.0 Å². The number of nitrogens with zero attached hydrogens (tertiary/aromatic N) is 2. The third kappa shape index (κ3) is 3.88. The Balaban J connectivity index is 1.42. The molecule has 2 N–H and O–H groups in total. The zero-order chi connectivity index (χ0) is 20.4. The number of aromatic amines is 1. The zero-order valence-electron chi connectivity index (χ0n) is 15.3. The third-order valence-corrected chi connectivity index (χ3v) is 5.79.